The van der Waals surface area contributed by atoms with Crippen molar-refractivity contribution in [1.29, 1.82) is 0 Å². The van der Waals surface area contributed by atoms with Gasteiger partial charge < -0.3 is 4.74 Å². The first-order chi connectivity index (χ1) is 13.6. The Kier molecular flexibility index (Phi) is 7.52. The number of esters is 1. The summed E-state index contributed by atoms with van der Waals surface area (Å²) in [5.41, 5.74) is 0. The molecule has 0 fully saturated rings. The Bertz CT molecular complexity index is 693. The summed E-state index contributed by atoms with van der Waals surface area (Å²) >= 11 is 0. The van der Waals surface area contributed by atoms with Crippen molar-refractivity contribution in [1.82, 2.24) is 0 Å². The normalized spacial score (nSPS) is 16.7. The number of carbonyl (C=O) groups excluding carboxylic acids is 1. The van der Waals surface area contributed by atoms with Gasteiger partial charge in [-0.15, -0.1) is 0 Å². The summed E-state index contributed by atoms with van der Waals surface area (Å²) in [6.45, 7) is 1.67. The van der Waals surface area contributed by atoms with Gasteiger partial charge in [0.05, 0.1) is 6.10 Å². The number of carbonyl (C=O) groups is 1. The van der Waals surface area contributed by atoms with Crippen LogP contribution in [0.15, 0.2) is 0 Å². The Morgan fingerprint density at radius 3 is 1.16 bits per heavy atom. The van der Waals surface area contributed by atoms with Gasteiger partial charge in [0, 0.05) is 0 Å². The first kappa shape index (κ1) is 30.3. The van der Waals surface area contributed by atoms with E-state index in [0.717, 1.165) is 6.92 Å². The molecule has 19 heteroatoms. The van der Waals surface area contributed by atoms with Crippen molar-refractivity contribution in [2.45, 2.75) is 74.0 Å². The average Bonchev–Trinajstić information content (AvgIpc) is 2.59. The molecule has 32 heavy (non-hydrogen) atoms. The lowest BCUT2D eigenvalue weighted by atomic mass is 9.89. The molecule has 0 spiro atoms. The molecule has 0 radical (unpaired) electrons. The molecule has 2 nitrogen and oxygen atoms in total. The number of rotatable bonds is 9. The number of halogens is 17. The molecule has 0 aromatic heterocycles. The molecule has 192 valence electrons. The molecule has 0 rings (SSSR count). The summed E-state index contributed by atoms with van der Waals surface area (Å²) in [5.74, 6) is -61.8. The van der Waals surface area contributed by atoms with E-state index >= 15 is 0 Å². The van der Waals surface area contributed by atoms with Gasteiger partial charge in [0.25, 0.3) is 0 Å². The third-order valence-corrected chi connectivity index (χ3v) is 3.86. The zero-order chi connectivity index (χ0) is 26.6. The molecule has 0 saturated heterocycles. The lowest BCUT2D eigenvalue weighted by Crippen LogP contribution is -2.75. The van der Waals surface area contributed by atoms with Crippen molar-refractivity contribution < 1.29 is 84.2 Å². The summed E-state index contributed by atoms with van der Waals surface area (Å²) < 4.78 is 224. The van der Waals surface area contributed by atoms with Crippen molar-refractivity contribution in [3.63, 3.8) is 0 Å². The predicted molar refractivity (Wildman–Crippen MR) is 66.5 cm³/mol. The lowest BCUT2D eigenvalue weighted by Gasteiger charge is -2.42. The molecule has 0 amide bonds. The average molecular weight is 520 g/mol. The first-order valence-electron chi connectivity index (χ1n) is 7.55. The van der Waals surface area contributed by atoms with E-state index in [4.69, 9.17) is 0 Å². The second-order valence-corrected chi connectivity index (χ2v) is 6.14. The molecule has 1 unspecified atom stereocenters. The zero-order valence-electron chi connectivity index (χ0n) is 15.0. The third kappa shape index (κ3) is 3.92. The molecule has 0 bridgehead atoms. The van der Waals surface area contributed by atoms with E-state index in [9.17, 15) is 79.4 Å². The summed E-state index contributed by atoms with van der Waals surface area (Å²) in [6.07, 6.45) is -10.1. The standard InChI is InChI=1S/C13H9F17O2/c1-3-4(2)32-5(31)6(14,15)7(16,17)8(18,19)9(20,21)10(22,23)11(24,25)12(26,27)13(28,29)30/h4H,3H2,1-2H3. The molecule has 0 saturated carbocycles. The van der Waals surface area contributed by atoms with E-state index in [1.807, 2.05) is 0 Å². The van der Waals surface area contributed by atoms with Crippen LogP contribution < -0.4 is 0 Å². The van der Waals surface area contributed by atoms with E-state index in [0.29, 0.717) is 6.92 Å². The van der Waals surface area contributed by atoms with Crippen LogP contribution in [0.1, 0.15) is 20.3 Å². The molecular weight excluding hydrogens is 511 g/mol. The highest BCUT2D eigenvalue weighted by molar-refractivity contribution is 5.79. The van der Waals surface area contributed by atoms with Gasteiger partial charge in [0.15, 0.2) is 0 Å². The Balaban J connectivity index is 6.69. The van der Waals surface area contributed by atoms with Crippen LogP contribution in [0.5, 0.6) is 0 Å². The van der Waals surface area contributed by atoms with Gasteiger partial charge in [-0.3, -0.25) is 0 Å². The van der Waals surface area contributed by atoms with Crippen LogP contribution in [-0.2, 0) is 9.53 Å². The van der Waals surface area contributed by atoms with Crippen LogP contribution in [0, 0.1) is 0 Å². The zero-order valence-corrected chi connectivity index (χ0v) is 15.0. The van der Waals surface area contributed by atoms with Crippen molar-refractivity contribution in [3.8, 4) is 0 Å². The molecule has 0 aromatic carbocycles. The fraction of sp³-hybridized carbons (Fsp3) is 0.923. The minimum Gasteiger partial charge on any atom is -0.458 e. The smallest absolute Gasteiger partial charge is 0.458 e. The van der Waals surface area contributed by atoms with Gasteiger partial charge >= 0.3 is 53.6 Å². The van der Waals surface area contributed by atoms with E-state index in [-0.39, 0.29) is 0 Å². The second-order valence-electron chi connectivity index (χ2n) is 6.14. The minimum atomic E-state index is -8.73. The number of hydrogen-bond donors (Lipinski definition) is 0. The van der Waals surface area contributed by atoms with E-state index in [1.54, 1.807) is 0 Å². The lowest BCUT2D eigenvalue weighted by molar-refractivity contribution is -0.460. The van der Waals surface area contributed by atoms with Crippen LogP contribution in [0.4, 0.5) is 74.6 Å². The number of alkyl halides is 17. The maximum Gasteiger partial charge on any atom is 0.460 e. The quantitative estimate of drug-likeness (QED) is 0.262. The van der Waals surface area contributed by atoms with Crippen LogP contribution in [0.25, 0.3) is 0 Å². The van der Waals surface area contributed by atoms with Gasteiger partial charge in [-0.05, 0) is 13.3 Å². The van der Waals surface area contributed by atoms with Crippen molar-refractivity contribution in [3.05, 3.63) is 0 Å². The fourth-order valence-electron chi connectivity index (χ4n) is 1.63. The van der Waals surface area contributed by atoms with Crippen LogP contribution in [-0.4, -0.2) is 59.7 Å². The first-order valence-corrected chi connectivity index (χ1v) is 7.55. The Morgan fingerprint density at radius 2 is 0.875 bits per heavy atom. The molecule has 1 atom stereocenters. The Morgan fingerprint density at radius 1 is 0.594 bits per heavy atom. The van der Waals surface area contributed by atoms with Gasteiger partial charge in [-0.25, -0.2) is 4.79 Å². The molecule has 0 aliphatic rings. The van der Waals surface area contributed by atoms with E-state index in [2.05, 4.69) is 4.74 Å². The van der Waals surface area contributed by atoms with Crippen molar-refractivity contribution in [2.24, 2.45) is 0 Å². The Hall–Kier alpha value is -1.72. The topological polar surface area (TPSA) is 26.3 Å². The maximum absolute atomic E-state index is 13.5. The maximum atomic E-state index is 13.5. The SMILES string of the molecule is CCC(C)OC(=O)C(F)(F)C(F)(F)C(F)(F)C(F)(F)C(F)(F)C(F)(F)C(F)(F)C(F)(F)F. The van der Waals surface area contributed by atoms with E-state index in [1.165, 1.54) is 0 Å². The molecule has 0 aliphatic heterocycles. The highest BCUT2D eigenvalue weighted by atomic mass is 19.4. The largest absolute Gasteiger partial charge is 0.460 e. The minimum absolute atomic E-state index is 0.489. The number of ether oxygens (including phenoxy) is 1. The predicted octanol–water partition coefficient (Wildman–Crippen LogP) is 6.34. The van der Waals surface area contributed by atoms with Gasteiger partial charge in [-0.2, -0.15) is 74.6 Å². The molecule has 0 aliphatic carbocycles. The molecule has 0 aromatic rings. The Labute approximate surface area is 165 Å². The molecular formula is C13H9F17O2. The monoisotopic (exact) mass is 520 g/mol. The highest BCUT2D eigenvalue weighted by Crippen LogP contribution is 2.64. The highest BCUT2D eigenvalue weighted by Gasteiger charge is 2.95. The summed E-state index contributed by atoms with van der Waals surface area (Å²) in [7, 11) is 0. The van der Waals surface area contributed by atoms with Crippen LogP contribution >= 0.6 is 0 Å². The molecule has 0 heterocycles. The number of hydrogen-bond acceptors (Lipinski definition) is 2. The van der Waals surface area contributed by atoms with Gasteiger partial charge in [0.1, 0.15) is 0 Å². The second kappa shape index (κ2) is 7.95. The summed E-state index contributed by atoms with van der Waals surface area (Å²) in [6, 6.07) is 0. The van der Waals surface area contributed by atoms with E-state index < -0.39 is 66.1 Å². The fourth-order valence-corrected chi connectivity index (χ4v) is 1.63. The van der Waals surface area contributed by atoms with Gasteiger partial charge in [-0.1, -0.05) is 6.92 Å². The van der Waals surface area contributed by atoms with Crippen molar-refractivity contribution >= 4 is 5.97 Å². The summed E-state index contributed by atoms with van der Waals surface area (Å²) in [4.78, 5) is 11.0. The van der Waals surface area contributed by atoms with Crippen molar-refractivity contribution in [2.75, 3.05) is 0 Å². The van der Waals surface area contributed by atoms with Crippen LogP contribution in [0.3, 0.4) is 0 Å². The molecule has 0 N–H and O–H groups in total. The van der Waals surface area contributed by atoms with Gasteiger partial charge in [0.2, 0.25) is 0 Å². The third-order valence-electron chi connectivity index (χ3n) is 3.86. The van der Waals surface area contributed by atoms with Crippen LogP contribution in [0.2, 0.25) is 0 Å². The summed E-state index contributed by atoms with van der Waals surface area (Å²) in [5, 5.41) is 0.